The van der Waals surface area contributed by atoms with E-state index in [1.807, 2.05) is 12.1 Å². The van der Waals surface area contributed by atoms with Crippen molar-refractivity contribution in [1.29, 1.82) is 0 Å². The smallest absolute Gasteiger partial charge is 0.231 e. The molecule has 1 aliphatic carbocycles. The number of carbonyl (C=O) groups is 1. The molecule has 0 amide bonds. The van der Waals surface area contributed by atoms with Gasteiger partial charge < -0.3 is 15.2 Å². The van der Waals surface area contributed by atoms with E-state index in [0.29, 0.717) is 29.5 Å². The maximum absolute atomic E-state index is 12.7. The fourth-order valence-corrected chi connectivity index (χ4v) is 3.63. The monoisotopic (exact) mass is 350 g/mol. The summed E-state index contributed by atoms with van der Waals surface area (Å²) in [5.74, 6) is 0.745. The van der Waals surface area contributed by atoms with Crippen LogP contribution in [0.2, 0.25) is 0 Å². The Balaban J connectivity index is 1.58. The molecule has 0 atom stereocenters. The molecular formula is C21H22N2O3. The first kappa shape index (κ1) is 16.8. The zero-order valence-electron chi connectivity index (χ0n) is 14.6. The molecule has 2 N–H and O–H groups in total. The van der Waals surface area contributed by atoms with Crippen molar-refractivity contribution in [2.75, 3.05) is 0 Å². The SMILES string of the molecule is O=C1C(=Cc2ccncc2)Oc2c1ccc(O)c2CNC1CCCCC1. The Morgan fingerprint density at radius 2 is 1.92 bits per heavy atom. The second-order valence-electron chi connectivity index (χ2n) is 6.88. The normalized spacial score (nSPS) is 18.8. The summed E-state index contributed by atoms with van der Waals surface area (Å²) in [6.45, 7) is 0.496. The predicted molar refractivity (Wildman–Crippen MR) is 99.0 cm³/mol. The fourth-order valence-electron chi connectivity index (χ4n) is 3.63. The number of pyridine rings is 1. The third-order valence-electron chi connectivity index (χ3n) is 5.09. The number of nitrogens with zero attached hydrogens (tertiary/aromatic N) is 1. The highest BCUT2D eigenvalue weighted by molar-refractivity contribution is 6.14. The van der Waals surface area contributed by atoms with Gasteiger partial charge in [-0.15, -0.1) is 0 Å². The van der Waals surface area contributed by atoms with Gasteiger partial charge in [0.25, 0.3) is 0 Å². The van der Waals surface area contributed by atoms with Crippen molar-refractivity contribution in [3.05, 3.63) is 59.1 Å². The minimum atomic E-state index is -0.157. The molecule has 0 bridgehead atoms. The summed E-state index contributed by atoms with van der Waals surface area (Å²) in [7, 11) is 0. The number of benzene rings is 1. The van der Waals surface area contributed by atoms with Crippen LogP contribution < -0.4 is 10.1 Å². The number of hydrogen-bond donors (Lipinski definition) is 2. The lowest BCUT2D eigenvalue weighted by Gasteiger charge is -2.23. The Labute approximate surface area is 152 Å². The molecule has 2 heterocycles. The van der Waals surface area contributed by atoms with E-state index in [9.17, 15) is 9.90 Å². The lowest BCUT2D eigenvalue weighted by molar-refractivity contribution is 0.101. The second kappa shape index (κ2) is 7.30. The zero-order chi connectivity index (χ0) is 17.9. The summed E-state index contributed by atoms with van der Waals surface area (Å²) in [4.78, 5) is 16.6. The van der Waals surface area contributed by atoms with Crippen LogP contribution in [-0.4, -0.2) is 21.9 Å². The van der Waals surface area contributed by atoms with Gasteiger partial charge in [0.05, 0.1) is 11.1 Å². The maximum Gasteiger partial charge on any atom is 0.231 e. The zero-order valence-corrected chi connectivity index (χ0v) is 14.6. The van der Waals surface area contributed by atoms with Gasteiger partial charge in [-0.1, -0.05) is 19.3 Å². The van der Waals surface area contributed by atoms with Gasteiger partial charge in [-0.3, -0.25) is 9.78 Å². The maximum atomic E-state index is 12.7. The van der Waals surface area contributed by atoms with Crippen LogP contribution in [0.1, 0.15) is 53.6 Å². The molecule has 0 unspecified atom stereocenters. The highest BCUT2D eigenvalue weighted by Gasteiger charge is 2.31. The van der Waals surface area contributed by atoms with Crippen molar-refractivity contribution >= 4 is 11.9 Å². The largest absolute Gasteiger partial charge is 0.507 e. The van der Waals surface area contributed by atoms with Crippen LogP contribution in [0, 0.1) is 0 Å². The van der Waals surface area contributed by atoms with Gasteiger partial charge in [0.15, 0.2) is 5.76 Å². The standard InChI is InChI=1S/C21H22N2O3/c24-18-7-6-16-20(25)19(12-14-8-10-22-11-9-14)26-21(16)17(18)13-23-15-4-2-1-3-5-15/h6-12,15,23-24H,1-5,13H2. The number of ketones is 1. The van der Waals surface area contributed by atoms with E-state index in [1.165, 1.54) is 19.3 Å². The van der Waals surface area contributed by atoms with Crippen LogP contribution in [0.5, 0.6) is 11.5 Å². The summed E-state index contributed by atoms with van der Waals surface area (Å²) in [6, 6.07) is 7.30. The van der Waals surface area contributed by atoms with Crippen LogP contribution in [0.15, 0.2) is 42.4 Å². The van der Waals surface area contributed by atoms with Crippen LogP contribution in [0.4, 0.5) is 0 Å². The van der Waals surface area contributed by atoms with Gasteiger partial charge in [-0.05, 0) is 48.7 Å². The lowest BCUT2D eigenvalue weighted by atomic mass is 9.95. The molecule has 2 aliphatic rings. The van der Waals surface area contributed by atoms with E-state index in [-0.39, 0.29) is 17.3 Å². The van der Waals surface area contributed by atoms with Gasteiger partial charge >= 0.3 is 0 Å². The van der Waals surface area contributed by atoms with E-state index in [1.54, 1.807) is 30.6 Å². The summed E-state index contributed by atoms with van der Waals surface area (Å²) in [5, 5.41) is 13.8. The molecule has 134 valence electrons. The van der Waals surface area contributed by atoms with Crippen LogP contribution in [0.3, 0.4) is 0 Å². The van der Waals surface area contributed by atoms with Gasteiger partial charge in [0.2, 0.25) is 5.78 Å². The molecular weight excluding hydrogens is 328 g/mol. The molecule has 1 aromatic carbocycles. The quantitative estimate of drug-likeness (QED) is 0.820. The highest BCUT2D eigenvalue weighted by Crippen LogP contribution is 2.39. The first-order valence-corrected chi connectivity index (χ1v) is 9.15. The van der Waals surface area contributed by atoms with Crippen molar-refractivity contribution in [3.8, 4) is 11.5 Å². The summed E-state index contributed by atoms with van der Waals surface area (Å²) in [5.41, 5.74) is 2.00. The minimum Gasteiger partial charge on any atom is -0.507 e. The number of phenolic OH excluding ortho intramolecular Hbond substituents is 1. The first-order chi connectivity index (χ1) is 12.7. The molecule has 1 aliphatic heterocycles. The number of allylic oxidation sites excluding steroid dienone is 1. The van der Waals surface area contributed by atoms with E-state index >= 15 is 0 Å². The first-order valence-electron chi connectivity index (χ1n) is 9.15. The Morgan fingerprint density at radius 1 is 1.15 bits per heavy atom. The minimum absolute atomic E-state index is 0.157. The third-order valence-corrected chi connectivity index (χ3v) is 5.09. The number of aromatic hydroxyl groups is 1. The second-order valence-corrected chi connectivity index (χ2v) is 6.88. The fraction of sp³-hybridized carbons (Fsp3) is 0.333. The number of Topliss-reactive ketones (excluding diaryl/α,β-unsaturated/α-hetero) is 1. The summed E-state index contributed by atoms with van der Waals surface area (Å²) in [6.07, 6.45) is 11.1. The summed E-state index contributed by atoms with van der Waals surface area (Å²) < 4.78 is 5.87. The van der Waals surface area contributed by atoms with Gasteiger partial charge in [-0.25, -0.2) is 0 Å². The van der Waals surface area contributed by atoms with E-state index in [2.05, 4.69) is 10.3 Å². The van der Waals surface area contributed by atoms with Crippen LogP contribution >= 0.6 is 0 Å². The molecule has 0 radical (unpaired) electrons. The van der Waals surface area contributed by atoms with E-state index in [4.69, 9.17) is 4.74 Å². The van der Waals surface area contributed by atoms with Crippen LogP contribution in [-0.2, 0) is 6.54 Å². The molecule has 0 saturated heterocycles. The van der Waals surface area contributed by atoms with Gasteiger partial charge in [-0.2, -0.15) is 0 Å². The number of fused-ring (bicyclic) bond motifs is 1. The van der Waals surface area contributed by atoms with E-state index < -0.39 is 0 Å². The Hall–Kier alpha value is -2.66. The number of ether oxygens (including phenoxy) is 1. The Bertz CT molecular complexity index is 840. The predicted octanol–water partition coefficient (Wildman–Crippen LogP) is 3.83. The van der Waals surface area contributed by atoms with Crippen molar-refractivity contribution in [3.63, 3.8) is 0 Å². The van der Waals surface area contributed by atoms with Crippen molar-refractivity contribution in [2.45, 2.75) is 44.7 Å². The third kappa shape index (κ3) is 3.35. The van der Waals surface area contributed by atoms with Crippen molar-refractivity contribution in [2.24, 2.45) is 0 Å². The highest BCUT2D eigenvalue weighted by atomic mass is 16.5. The molecule has 1 aromatic heterocycles. The lowest BCUT2D eigenvalue weighted by Crippen LogP contribution is -2.30. The molecule has 26 heavy (non-hydrogen) atoms. The van der Waals surface area contributed by atoms with Crippen molar-refractivity contribution in [1.82, 2.24) is 10.3 Å². The topological polar surface area (TPSA) is 71.5 Å². The molecule has 5 nitrogen and oxygen atoms in total. The number of hydrogen-bond acceptors (Lipinski definition) is 5. The van der Waals surface area contributed by atoms with Gasteiger partial charge in [0.1, 0.15) is 11.5 Å². The van der Waals surface area contributed by atoms with Gasteiger partial charge in [0, 0.05) is 25.0 Å². The number of phenols is 1. The van der Waals surface area contributed by atoms with Crippen molar-refractivity contribution < 1.29 is 14.6 Å². The molecule has 1 saturated carbocycles. The number of aromatic nitrogens is 1. The molecule has 4 rings (SSSR count). The average molecular weight is 350 g/mol. The average Bonchev–Trinajstić information content (AvgIpc) is 2.98. The number of nitrogens with one attached hydrogen (secondary N) is 1. The number of carbonyl (C=O) groups excluding carboxylic acids is 1. The summed E-state index contributed by atoms with van der Waals surface area (Å²) >= 11 is 0. The van der Waals surface area contributed by atoms with E-state index in [0.717, 1.165) is 18.4 Å². The Kier molecular flexibility index (Phi) is 4.71. The molecule has 1 fully saturated rings. The Morgan fingerprint density at radius 3 is 2.69 bits per heavy atom. The molecule has 5 heteroatoms. The molecule has 0 spiro atoms. The van der Waals surface area contributed by atoms with Crippen LogP contribution in [0.25, 0.3) is 6.08 Å². The molecule has 2 aromatic rings. The number of rotatable bonds is 4.